The Kier molecular flexibility index (Phi) is 52.4. The predicted octanol–water partition coefficient (Wildman–Crippen LogP) is 18.7. The zero-order valence-electron chi connectivity index (χ0n) is 44.1. The molecule has 0 radical (unpaired) electrons. The van der Waals surface area contributed by atoms with Gasteiger partial charge in [-0.2, -0.15) is 0 Å². The van der Waals surface area contributed by atoms with E-state index in [1.54, 1.807) is 0 Å². The van der Waals surface area contributed by atoms with Gasteiger partial charge in [-0.3, -0.25) is 14.4 Å². The van der Waals surface area contributed by atoms with E-state index in [4.69, 9.17) is 14.2 Å². The first-order valence-corrected chi connectivity index (χ1v) is 28.0. The third-order valence-corrected chi connectivity index (χ3v) is 11.7. The van der Waals surface area contributed by atoms with Crippen molar-refractivity contribution < 1.29 is 28.6 Å². The second-order valence-corrected chi connectivity index (χ2v) is 18.3. The third kappa shape index (κ3) is 53.0. The molecule has 386 valence electrons. The summed E-state index contributed by atoms with van der Waals surface area (Å²) in [6, 6.07) is 0. The van der Waals surface area contributed by atoms with Gasteiger partial charge >= 0.3 is 17.9 Å². The van der Waals surface area contributed by atoms with Crippen molar-refractivity contribution >= 4 is 17.9 Å². The molecule has 68 heavy (non-hydrogen) atoms. The standard InChI is InChI=1S/C62H102O6/c1-4-7-10-13-16-19-22-25-27-29-31-33-34-37-40-43-46-49-52-55-61(64)67-58-59(57-66-60(63)54-51-48-45-42-39-36-24-21-18-15-12-9-6-3)68-62(65)56-53-50-47-44-41-38-35-32-30-28-26-23-20-17-14-11-8-5-2/h9,11-12,14-15,17-18,20-21,23-24,26,28,30,32,35-36,39,59H,4-8,10,13,16,19,22,25,27,29,31,33-34,37-38,40-58H2,1-3H3/b12-9-,14-11-,18-15-,20-17-,24-21-,26-23-,30-28-,35-32-,39-36-. The smallest absolute Gasteiger partial charge is 0.306 e. The summed E-state index contributed by atoms with van der Waals surface area (Å²) in [5, 5.41) is 0. The van der Waals surface area contributed by atoms with Gasteiger partial charge in [0, 0.05) is 19.3 Å². The average Bonchev–Trinajstić information content (AvgIpc) is 3.34. The van der Waals surface area contributed by atoms with Crippen LogP contribution in [0.4, 0.5) is 0 Å². The highest BCUT2D eigenvalue weighted by Gasteiger charge is 2.19. The number of esters is 3. The molecule has 0 aliphatic carbocycles. The topological polar surface area (TPSA) is 78.9 Å². The van der Waals surface area contributed by atoms with Crippen molar-refractivity contribution in [1.82, 2.24) is 0 Å². The zero-order chi connectivity index (χ0) is 49.3. The van der Waals surface area contributed by atoms with Gasteiger partial charge < -0.3 is 14.2 Å². The Balaban J connectivity index is 4.46. The lowest BCUT2D eigenvalue weighted by Gasteiger charge is -2.18. The van der Waals surface area contributed by atoms with E-state index in [1.165, 1.54) is 109 Å². The molecule has 1 unspecified atom stereocenters. The van der Waals surface area contributed by atoms with Crippen molar-refractivity contribution in [1.29, 1.82) is 0 Å². The quantitative estimate of drug-likeness (QED) is 0.0262. The molecule has 0 aliphatic rings. The van der Waals surface area contributed by atoms with Crippen molar-refractivity contribution in [3.05, 3.63) is 109 Å². The van der Waals surface area contributed by atoms with Crippen LogP contribution in [0.3, 0.4) is 0 Å². The summed E-state index contributed by atoms with van der Waals surface area (Å²) in [6.45, 7) is 6.36. The number of carbonyl (C=O) groups is 3. The highest BCUT2D eigenvalue weighted by Crippen LogP contribution is 2.16. The van der Waals surface area contributed by atoms with Gasteiger partial charge in [0.15, 0.2) is 6.10 Å². The van der Waals surface area contributed by atoms with Gasteiger partial charge in [-0.1, -0.05) is 278 Å². The van der Waals surface area contributed by atoms with Crippen LogP contribution in [0.5, 0.6) is 0 Å². The lowest BCUT2D eigenvalue weighted by molar-refractivity contribution is -0.167. The van der Waals surface area contributed by atoms with Gasteiger partial charge in [0.25, 0.3) is 0 Å². The molecule has 0 spiro atoms. The molecule has 0 N–H and O–H groups in total. The molecule has 0 aromatic rings. The predicted molar refractivity (Wildman–Crippen MR) is 293 cm³/mol. The molecule has 6 heteroatoms. The number of rotatable bonds is 49. The number of hydrogen-bond donors (Lipinski definition) is 0. The summed E-state index contributed by atoms with van der Waals surface area (Å²) in [6.07, 6.45) is 75.0. The summed E-state index contributed by atoms with van der Waals surface area (Å²) in [7, 11) is 0. The Morgan fingerprint density at radius 1 is 0.309 bits per heavy atom. The molecule has 0 saturated heterocycles. The average molecular weight is 943 g/mol. The van der Waals surface area contributed by atoms with Gasteiger partial charge in [0.05, 0.1) is 0 Å². The minimum Gasteiger partial charge on any atom is -0.462 e. The summed E-state index contributed by atoms with van der Waals surface area (Å²) in [4.78, 5) is 38.1. The first-order chi connectivity index (χ1) is 33.5. The van der Waals surface area contributed by atoms with Crippen LogP contribution in [-0.2, 0) is 28.6 Å². The van der Waals surface area contributed by atoms with Crippen molar-refractivity contribution in [2.24, 2.45) is 0 Å². The number of unbranched alkanes of at least 4 members (excludes halogenated alkanes) is 27. The lowest BCUT2D eigenvalue weighted by atomic mass is 10.0. The number of allylic oxidation sites excluding steroid dienone is 18. The molecule has 1 atom stereocenters. The molecule has 0 amide bonds. The fourth-order valence-electron chi connectivity index (χ4n) is 7.54. The Morgan fingerprint density at radius 3 is 0.971 bits per heavy atom. The molecular weight excluding hydrogens is 841 g/mol. The van der Waals surface area contributed by atoms with E-state index in [2.05, 4.69) is 69.4 Å². The van der Waals surface area contributed by atoms with Crippen molar-refractivity contribution in [2.45, 2.75) is 252 Å². The fourth-order valence-corrected chi connectivity index (χ4v) is 7.54. The maximum absolute atomic E-state index is 12.8. The van der Waals surface area contributed by atoms with Crippen LogP contribution in [0.25, 0.3) is 0 Å². The van der Waals surface area contributed by atoms with Gasteiger partial charge in [0.2, 0.25) is 0 Å². The van der Waals surface area contributed by atoms with Gasteiger partial charge in [-0.25, -0.2) is 0 Å². The minimum atomic E-state index is -0.809. The Bertz CT molecular complexity index is 1410. The molecule has 6 nitrogen and oxygen atoms in total. The van der Waals surface area contributed by atoms with Gasteiger partial charge in [0.1, 0.15) is 13.2 Å². The van der Waals surface area contributed by atoms with E-state index >= 15 is 0 Å². The molecule has 0 fully saturated rings. The summed E-state index contributed by atoms with van der Waals surface area (Å²) in [5.41, 5.74) is 0. The Morgan fingerprint density at radius 2 is 0.603 bits per heavy atom. The normalized spacial score (nSPS) is 12.9. The summed E-state index contributed by atoms with van der Waals surface area (Å²) < 4.78 is 16.8. The Labute approximate surface area is 419 Å². The van der Waals surface area contributed by atoms with Crippen LogP contribution in [-0.4, -0.2) is 37.2 Å². The number of carbonyl (C=O) groups excluding carboxylic acids is 3. The number of hydrogen-bond acceptors (Lipinski definition) is 6. The van der Waals surface area contributed by atoms with E-state index in [9.17, 15) is 14.4 Å². The first-order valence-electron chi connectivity index (χ1n) is 28.0. The molecular formula is C62H102O6. The zero-order valence-corrected chi connectivity index (χ0v) is 44.1. The maximum atomic E-state index is 12.8. The van der Waals surface area contributed by atoms with Crippen LogP contribution < -0.4 is 0 Å². The van der Waals surface area contributed by atoms with E-state index in [-0.39, 0.29) is 37.5 Å². The molecule has 0 aliphatic heterocycles. The van der Waals surface area contributed by atoms with E-state index in [0.717, 1.165) is 96.3 Å². The van der Waals surface area contributed by atoms with Crippen LogP contribution in [0.2, 0.25) is 0 Å². The Hall–Kier alpha value is -3.93. The third-order valence-electron chi connectivity index (χ3n) is 11.7. The molecule has 0 aromatic heterocycles. The summed E-state index contributed by atoms with van der Waals surface area (Å²) >= 11 is 0. The number of ether oxygens (including phenoxy) is 3. The van der Waals surface area contributed by atoms with Crippen LogP contribution in [0.1, 0.15) is 245 Å². The van der Waals surface area contributed by atoms with Crippen molar-refractivity contribution in [3.8, 4) is 0 Å². The highest BCUT2D eigenvalue weighted by molar-refractivity contribution is 5.71. The second-order valence-electron chi connectivity index (χ2n) is 18.3. The molecule has 0 heterocycles. The van der Waals surface area contributed by atoms with Gasteiger partial charge in [-0.15, -0.1) is 0 Å². The second kappa shape index (κ2) is 55.7. The molecule has 0 aromatic carbocycles. The summed E-state index contributed by atoms with van der Waals surface area (Å²) in [5.74, 6) is -0.966. The fraction of sp³-hybridized carbons (Fsp3) is 0.661. The SMILES string of the molecule is CC\C=C/C=C\C=C/C=C\CCCCCC(=O)OCC(COC(=O)CCCCCCCCCCCCCCCCCCCCC)OC(=O)CCCCCCC\C=C/C=C\C=C/C=C\C=C/CCC. The molecule has 0 rings (SSSR count). The van der Waals surface area contributed by atoms with Crippen molar-refractivity contribution in [3.63, 3.8) is 0 Å². The lowest BCUT2D eigenvalue weighted by Crippen LogP contribution is -2.30. The highest BCUT2D eigenvalue weighted by atomic mass is 16.6. The van der Waals surface area contributed by atoms with Crippen LogP contribution in [0.15, 0.2) is 109 Å². The minimum absolute atomic E-state index is 0.101. The first kappa shape index (κ1) is 64.1. The molecule has 0 saturated carbocycles. The maximum Gasteiger partial charge on any atom is 0.306 e. The van der Waals surface area contributed by atoms with Gasteiger partial charge in [-0.05, 0) is 57.8 Å². The molecule has 0 bridgehead atoms. The monoisotopic (exact) mass is 943 g/mol. The van der Waals surface area contributed by atoms with E-state index in [0.29, 0.717) is 12.8 Å². The van der Waals surface area contributed by atoms with E-state index < -0.39 is 6.10 Å². The van der Waals surface area contributed by atoms with Crippen LogP contribution >= 0.6 is 0 Å². The largest absolute Gasteiger partial charge is 0.462 e. The van der Waals surface area contributed by atoms with Crippen LogP contribution in [0, 0.1) is 0 Å². The van der Waals surface area contributed by atoms with Crippen molar-refractivity contribution in [2.75, 3.05) is 13.2 Å². The van der Waals surface area contributed by atoms with E-state index in [1.807, 2.05) is 60.8 Å².